The summed E-state index contributed by atoms with van der Waals surface area (Å²) in [6.45, 7) is 10.8. The zero-order valence-corrected chi connectivity index (χ0v) is 16.6. The van der Waals surface area contributed by atoms with Crippen molar-refractivity contribution in [2.24, 2.45) is 5.41 Å². The number of hydrogen-bond donors (Lipinski definition) is 1. The maximum absolute atomic E-state index is 12.8. The number of benzene rings is 1. The summed E-state index contributed by atoms with van der Waals surface area (Å²) in [5.41, 5.74) is 1.75. The van der Waals surface area contributed by atoms with E-state index >= 15 is 0 Å². The van der Waals surface area contributed by atoms with Crippen LogP contribution in [0.15, 0.2) is 18.2 Å². The van der Waals surface area contributed by atoms with Gasteiger partial charge in [-0.15, -0.1) is 0 Å². The first-order chi connectivity index (χ1) is 11.5. The number of carboxylic acids is 1. The molecule has 0 aromatic heterocycles. The second-order valence-corrected chi connectivity index (χ2v) is 7.78. The minimum absolute atomic E-state index is 0.0622. The number of carbonyl (C=O) groups is 3. The first-order valence-corrected chi connectivity index (χ1v) is 9.29. The summed E-state index contributed by atoms with van der Waals surface area (Å²) in [5, 5.41) is 9.36. The summed E-state index contributed by atoms with van der Waals surface area (Å²) in [7, 11) is 0. The van der Waals surface area contributed by atoms with Gasteiger partial charge >= 0.3 is 5.97 Å². The maximum atomic E-state index is 12.8. The summed E-state index contributed by atoms with van der Waals surface area (Å²) in [4.78, 5) is 37.9. The van der Waals surface area contributed by atoms with E-state index in [0.29, 0.717) is 12.1 Å². The highest BCUT2D eigenvalue weighted by atomic mass is 32.2. The number of nitrogens with zero attached hydrogens (tertiary/aromatic N) is 1. The second-order valence-electron chi connectivity index (χ2n) is 6.83. The molecule has 0 saturated carbocycles. The summed E-state index contributed by atoms with van der Waals surface area (Å²) in [6, 6.07) is 4.54. The summed E-state index contributed by atoms with van der Waals surface area (Å²) in [5.74, 6) is -1.54. The summed E-state index contributed by atoms with van der Waals surface area (Å²) in [6.07, 6.45) is 0.680. The molecule has 1 aromatic carbocycles. The molecule has 0 bridgehead atoms. The summed E-state index contributed by atoms with van der Waals surface area (Å²) < 4.78 is 0. The summed E-state index contributed by atoms with van der Waals surface area (Å²) >= 11 is 0.957. The number of hydrogen-bond acceptors (Lipinski definition) is 4. The third kappa shape index (κ3) is 5.08. The number of rotatable bonds is 7. The SMILES string of the molecule is CCC(C)(C)C(=O)SCC(=O)N(c1c(C)cccc1C)C(C)C(=O)O. The number of carbonyl (C=O) groups excluding carboxylic acids is 2. The fraction of sp³-hybridized carbons (Fsp3) is 0.526. The molecule has 1 rings (SSSR count). The molecule has 1 atom stereocenters. The Labute approximate surface area is 153 Å². The lowest BCUT2D eigenvalue weighted by molar-refractivity contribution is -0.139. The molecule has 138 valence electrons. The Morgan fingerprint density at radius 3 is 2.16 bits per heavy atom. The fourth-order valence-corrected chi connectivity index (χ4v) is 3.30. The van der Waals surface area contributed by atoms with Crippen LogP contribution in [0.25, 0.3) is 0 Å². The third-order valence-corrected chi connectivity index (χ3v) is 5.66. The molecule has 1 amide bonds. The van der Waals surface area contributed by atoms with Gasteiger partial charge in [-0.25, -0.2) is 4.79 Å². The largest absolute Gasteiger partial charge is 0.480 e. The van der Waals surface area contributed by atoms with E-state index in [1.54, 1.807) is 0 Å². The van der Waals surface area contributed by atoms with Crippen molar-refractivity contribution in [1.29, 1.82) is 0 Å². The molecule has 5 nitrogen and oxygen atoms in total. The molecular weight excluding hydrogens is 338 g/mol. The van der Waals surface area contributed by atoms with Gasteiger partial charge in [-0.3, -0.25) is 14.5 Å². The van der Waals surface area contributed by atoms with Crippen LogP contribution in [0, 0.1) is 19.3 Å². The first kappa shape index (κ1) is 21.2. The zero-order valence-electron chi connectivity index (χ0n) is 15.8. The standard InChI is InChI=1S/C19H27NO4S/c1-7-19(5,6)18(24)25-11-15(21)20(14(4)17(22)23)16-12(2)9-8-10-13(16)3/h8-10,14H,7,11H2,1-6H3,(H,22,23). The van der Waals surface area contributed by atoms with Crippen LogP contribution in [0.5, 0.6) is 0 Å². The lowest BCUT2D eigenvalue weighted by atomic mass is 9.92. The van der Waals surface area contributed by atoms with E-state index in [0.717, 1.165) is 22.9 Å². The van der Waals surface area contributed by atoms with Crippen molar-refractivity contribution in [2.75, 3.05) is 10.7 Å². The van der Waals surface area contributed by atoms with Gasteiger partial charge in [0.1, 0.15) is 6.04 Å². The van der Waals surface area contributed by atoms with E-state index in [4.69, 9.17) is 0 Å². The second kappa shape index (κ2) is 8.52. The Hall–Kier alpha value is -1.82. The number of aliphatic carboxylic acids is 1. The number of amides is 1. The number of anilines is 1. The topological polar surface area (TPSA) is 74.7 Å². The average Bonchev–Trinajstić information content (AvgIpc) is 2.54. The molecular formula is C19H27NO4S. The fourth-order valence-electron chi connectivity index (χ4n) is 2.37. The van der Waals surface area contributed by atoms with Gasteiger partial charge < -0.3 is 5.11 Å². The van der Waals surface area contributed by atoms with Crippen molar-refractivity contribution in [3.05, 3.63) is 29.3 Å². The van der Waals surface area contributed by atoms with Gasteiger partial charge in [-0.1, -0.05) is 50.7 Å². The first-order valence-electron chi connectivity index (χ1n) is 8.31. The van der Waals surface area contributed by atoms with Crippen LogP contribution in [0.1, 0.15) is 45.2 Å². The number of thioether (sulfide) groups is 1. The van der Waals surface area contributed by atoms with Gasteiger partial charge in [0.05, 0.1) is 11.4 Å². The van der Waals surface area contributed by atoms with E-state index in [1.807, 2.05) is 52.8 Å². The highest BCUT2D eigenvalue weighted by molar-refractivity contribution is 8.14. The molecule has 1 N–H and O–H groups in total. The van der Waals surface area contributed by atoms with Gasteiger partial charge in [-0.05, 0) is 38.3 Å². The molecule has 0 heterocycles. The van der Waals surface area contributed by atoms with E-state index in [1.165, 1.54) is 11.8 Å². The molecule has 0 aliphatic rings. The van der Waals surface area contributed by atoms with Crippen LogP contribution < -0.4 is 4.90 Å². The van der Waals surface area contributed by atoms with E-state index in [-0.39, 0.29) is 16.8 Å². The van der Waals surface area contributed by atoms with Crippen molar-refractivity contribution in [3.63, 3.8) is 0 Å². The van der Waals surface area contributed by atoms with Gasteiger partial charge in [0.2, 0.25) is 5.91 Å². The number of aryl methyl sites for hydroxylation is 2. The molecule has 0 radical (unpaired) electrons. The predicted octanol–water partition coefficient (Wildman–Crippen LogP) is 3.81. The van der Waals surface area contributed by atoms with Crippen LogP contribution in [0.2, 0.25) is 0 Å². The Balaban J connectivity index is 3.12. The minimum atomic E-state index is -1.08. The van der Waals surface area contributed by atoms with Gasteiger partial charge in [-0.2, -0.15) is 0 Å². The zero-order chi connectivity index (χ0) is 19.4. The molecule has 25 heavy (non-hydrogen) atoms. The normalized spacial score (nSPS) is 12.6. The molecule has 0 saturated heterocycles. The molecule has 1 unspecified atom stereocenters. The van der Waals surface area contributed by atoms with Gasteiger partial charge in [0.25, 0.3) is 0 Å². The smallest absolute Gasteiger partial charge is 0.326 e. The molecule has 0 aliphatic heterocycles. The third-order valence-electron chi connectivity index (χ3n) is 4.46. The number of para-hydroxylation sites is 1. The van der Waals surface area contributed by atoms with E-state index in [9.17, 15) is 19.5 Å². The van der Waals surface area contributed by atoms with Crippen LogP contribution in [0.4, 0.5) is 5.69 Å². The molecule has 0 spiro atoms. The van der Waals surface area contributed by atoms with Crippen molar-refractivity contribution in [2.45, 2.75) is 54.0 Å². The maximum Gasteiger partial charge on any atom is 0.326 e. The predicted molar refractivity (Wildman–Crippen MR) is 102 cm³/mol. The molecule has 1 aromatic rings. The quantitative estimate of drug-likeness (QED) is 0.795. The lowest BCUT2D eigenvalue weighted by Gasteiger charge is -2.30. The van der Waals surface area contributed by atoms with Crippen molar-refractivity contribution < 1.29 is 19.5 Å². The van der Waals surface area contributed by atoms with Crippen LogP contribution >= 0.6 is 11.8 Å². The van der Waals surface area contributed by atoms with Crippen LogP contribution in [-0.4, -0.2) is 33.9 Å². The van der Waals surface area contributed by atoms with Gasteiger partial charge in [0.15, 0.2) is 5.12 Å². The van der Waals surface area contributed by atoms with Crippen molar-refractivity contribution in [3.8, 4) is 0 Å². The Kier molecular flexibility index (Phi) is 7.23. The van der Waals surface area contributed by atoms with Crippen LogP contribution in [-0.2, 0) is 14.4 Å². The minimum Gasteiger partial charge on any atom is -0.480 e. The molecule has 6 heteroatoms. The van der Waals surface area contributed by atoms with Gasteiger partial charge in [0, 0.05) is 5.41 Å². The Morgan fingerprint density at radius 1 is 1.20 bits per heavy atom. The number of carboxylic acid groups (broad SMARTS) is 1. The highest BCUT2D eigenvalue weighted by Crippen LogP contribution is 2.30. The Morgan fingerprint density at radius 2 is 1.72 bits per heavy atom. The van der Waals surface area contributed by atoms with E-state index < -0.39 is 17.4 Å². The highest BCUT2D eigenvalue weighted by Gasteiger charge is 2.31. The molecule has 0 fully saturated rings. The molecule has 0 aliphatic carbocycles. The van der Waals surface area contributed by atoms with E-state index in [2.05, 4.69) is 0 Å². The van der Waals surface area contributed by atoms with Crippen molar-refractivity contribution in [1.82, 2.24) is 0 Å². The van der Waals surface area contributed by atoms with Crippen LogP contribution in [0.3, 0.4) is 0 Å². The monoisotopic (exact) mass is 365 g/mol. The van der Waals surface area contributed by atoms with Crippen molar-refractivity contribution >= 4 is 34.4 Å². The Bertz CT molecular complexity index is 649. The lowest BCUT2D eigenvalue weighted by Crippen LogP contribution is -2.45. The average molecular weight is 365 g/mol.